The van der Waals surface area contributed by atoms with Crippen molar-refractivity contribution in [3.05, 3.63) is 21.9 Å². The number of hydrogen-bond acceptors (Lipinski definition) is 4. The second-order valence-corrected chi connectivity index (χ2v) is 5.68. The first-order valence-corrected chi connectivity index (χ1v) is 7.22. The van der Waals surface area contributed by atoms with E-state index < -0.39 is 0 Å². The molecule has 0 amide bonds. The molecule has 1 aliphatic heterocycles. The minimum atomic E-state index is 0.173. The van der Waals surface area contributed by atoms with E-state index in [1.54, 1.807) is 4.88 Å². The lowest BCUT2D eigenvalue weighted by atomic mass is 10.0. The van der Waals surface area contributed by atoms with Gasteiger partial charge >= 0.3 is 0 Å². The van der Waals surface area contributed by atoms with Gasteiger partial charge in [0.25, 0.3) is 0 Å². The Morgan fingerprint density at radius 3 is 3.24 bits per heavy atom. The molecule has 0 saturated heterocycles. The van der Waals surface area contributed by atoms with E-state index in [4.69, 9.17) is 10.5 Å². The van der Waals surface area contributed by atoms with Gasteiger partial charge in [0.2, 0.25) is 0 Å². The monoisotopic (exact) mass is 254 g/mol. The maximum absolute atomic E-state index is 5.65. The summed E-state index contributed by atoms with van der Waals surface area (Å²) in [5.41, 5.74) is 7.04. The molecular formula is C13H22N2OS. The summed E-state index contributed by atoms with van der Waals surface area (Å²) in [6.45, 7) is 7.84. The standard InChI is InChI=1S/C13H22N2OS/c1-10(9-14)16-7-6-15-5-3-13-12(11(15)2)4-8-17-13/h4,8,10-11H,3,5-7,9,14H2,1-2H3. The molecular weight excluding hydrogens is 232 g/mol. The number of ether oxygens (including phenoxy) is 1. The summed E-state index contributed by atoms with van der Waals surface area (Å²) in [5.74, 6) is 0. The second-order valence-electron chi connectivity index (χ2n) is 4.68. The van der Waals surface area contributed by atoms with Gasteiger partial charge in [0.15, 0.2) is 0 Å². The third kappa shape index (κ3) is 3.07. The highest BCUT2D eigenvalue weighted by Gasteiger charge is 2.24. The molecule has 1 aromatic heterocycles. The van der Waals surface area contributed by atoms with Gasteiger partial charge in [-0.1, -0.05) is 0 Å². The maximum Gasteiger partial charge on any atom is 0.0669 e. The van der Waals surface area contributed by atoms with Gasteiger partial charge in [0, 0.05) is 30.6 Å². The molecule has 2 N–H and O–H groups in total. The Morgan fingerprint density at radius 2 is 2.47 bits per heavy atom. The molecule has 1 aromatic rings. The Labute approximate surface area is 108 Å². The minimum Gasteiger partial charge on any atom is -0.376 e. The first kappa shape index (κ1) is 13.0. The molecule has 96 valence electrons. The Morgan fingerprint density at radius 1 is 1.65 bits per heavy atom. The van der Waals surface area contributed by atoms with Crippen molar-refractivity contribution in [2.75, 3.05) is 26.2 Å². The molecule has 1 aliphatic rings. The van der Waals surface area contributed by atoms with Crippen molar-refractivity contribution in [1.29, 1.82) is 0 Å². The van der Waals surface area contributed by atoms with E-state index in [-0.39, 0.29) is 6.10 Å². The van der Waals surface area contributed by atoms with Gasteiger partial charge in [0.1, 0.15) is 0 Å². The van der Waals surface area contributed by atoms with E-state index in [2.05, 4.69) is 23.3 Å². The molecule has 0 radical (unpaired) electrons. The zero-order valence-electron chi connectivity index (χ0n) is 10.7. The van der Waals surface area contributed by atoms with Crippen LogP contribution in [-0.4, -0.2) is 37.2 Å². The molecule has 0 aromatic carbocycles. The predicted octanol–water partition coefficient (Wildman–Crippen LogP) is 2.03. The van der Waals surface area contributed by atoms with E-state index in [9.17, 15) is 0 Å². The molecule has 17 heavy (non-hydrogen) atoms. The van der Waals surface area contributed by atoms with Crippen molar-refractivity contribution in [3.63, 3.8) is 0 Å². The highest BCUT2D eigenvalue weighted by Crippen LogP contribution is 2.32. The molecule has 3 nitrogen and oxygen atoms in total. The van der Waals surface area contributed by atoms with Crippen LogP contribution in [0.1, 0.15) is 30.3 Å². The summed E-state index contributed by atoms with van der Waals surface area (Å²) in [7, 11) is 0. The number of thiophene rings is 1. The predicted molar refractivity (Wildman–Crippen MR) is 72.5 cm³/mol. The molecule has 4 heteroatoms. The van der Waals surface area contributed by atoms with Gasteiger partial charge < -0.3 is 10.5 Å². The van der Waals surface area contributed by atoms with E-state index in [1.165, 1.54) is 12.0 Å². The summed E-state index contributed by atoms with van der Waals surface area (Å²) >= 11 is 1.89. The fraction of sp³-hybridized carbons (Fsp3) is 0.692. The minimum absolute atomic E-state index is 0.173. The Bertz CT molecular complexity index is 353. The molecule has 2 rings (SSSR count). The normalized spacial score (nSPS) is 22.4. The van der Waals surface area contributed by atoms with Crippen LogP contribution in [0.15, 0.2) is 11.4 Å². The molecule has 0 bridgehead atoms. The summed E-state index contributed by atoms with van der Waals surface area (Å²) in [5, 5.41) is 2.21. The van der Waals surface area contributed by atoms with Crippen LogP contribution in [0.2, 0.25) is 0 Å². The van der Waals surface area contributed by atoms with Crippen LogP contribution in [0.5, 0.6) is 0 Å². The quantitative estimate of drug-likeness (QED) is 0.874. The van der Waals surface area contributed by atoms with Crippen LogP contribution in [0.25, 0.3) is 0 Å². The van der Waals surface area contributed by atoms with Crippen molar-refractivity contribution in [2.45, 2.75) is 32.4 Å². The average molecular weight is 254 g/mol. The van der Waals surface area contributed by atoms with Crippen LogP contribution in [0.3, 0.4) is 0 Å². The van der Waals surface area contributed by atoms with Gasteiger partial charge in [-0.2, -0.15) is 0 Å². The first-order valence-electron chi connectivity index (χ1n) is 6.34. The van der Waals surface area contributed by atoms with E-state index in [0.717, 1.165) is 19.7 Å². The molecule has 0 saturated carbocycles. The summed E-state index contributed by atoms with van der Waals surface area (Å²) in [6, 6.07) is 2.79. The van der Waals surface area contributed by atoms with E-state index in [0.29, 0.717) is 12.6 Å². The lowest BCUT2D eigenvalue weighted by molar-refractivity contribution is 0.0438. The summed E-state index contributed by atoms with van der Waals surface area (Å²) < 4.78 is 5.65. The highest BCUT2D eigenvalue weighted by molar-refractivity contribution is 7.10. The Balaban J connectivity index is 1.83. The third-order valence-electron chi connectivity index (χ3n) is 3.52. The lowest BCUT2D eigenvalue weighted by Crippen LogP contribution is -2.36. The van der Waals surface area contributed by atoms with Crippen LogP contribution in [0, 0.1) is 0 Å². The van der Waals surface area contributed by atoms with Crippen molar-refractivity contribution < 1.29 is 4.74 Å². The zero-order chi connectivity index (χ0) is 12.3. The summed E-state index contributed by atoms with van der Waals surface area (Å²) in [4.78, 5) is 4.06. The van der Waals surface area contributed by atoms with Gasteiger partial charge in [-0.15, -0.1) is 11.3 Å². The molecule has 2 atom stereocenters. The fourth-order valence-electron chi connectivity index (χ4n) is 2.31. The number of rotatable bonds is 5. The molecule has 0 fully saturated rings. The number of hydrogen-bond donors (Lipinski definition) is 1. The molecule has 0 aliphatic carbocycles. The molecule has 2 heterocycles. The molecule has 0 spiro atoms. The van der Waals surface area contributed by atoms with Crippen LogP contribution < -0.4 is 5.73 Å². The zero-order valence-corrected chi connectivity index (χ0v) is 11.5. The van der Waals surface area contributed by atoms with Crippen LogP contribution in [0.4, 0.5) is 0 Å². The summed E-state index contributed by atoms with van der Waals surface area (Å²) in [6.07, 6.45) is 1.36. The van der Waals surface area contributed by atoms with Crippen molar-refractivity contribution in [2.24, 2.45) is 5.73 Å². The highest BCUT2D eigenvalue weighted by atomic mass is 32.1. The van der Waals surface area contributed by atoms with Gasteiger partial charge in [-0.05, 0) is 37.3 Å². The van der Waals surface area contributed by atoms with Crippen molar-refractivity contribution >= 4 is 11.3 Å². The first-order chi connectivity index (χ1) is 8.22. The molecule has 2 unspecified atom stereocenters. The average Bonchev–Trinajstić information content (AvgIpc) is 2.81. The number of fused-ring (bicyclic) bond motifs is 1. The largest absolute Gasteiger partial charge is 0.376 e. The lowest BCUT2D eigenvalue weighted by Gasteiger charge is -2.33. The van der Waals surface area contributed by atoms with E-state index >= 15 is 0 Å². The second kappa shape index (κ2) is 5.96. The smallest absolute Gasteiger partial charge is 0.0669 e. The van der Waals surface area contributed by atoms with Crippen molar-refractivity contribution in [3.8, 4) is 0 Å². The van der Waals surface area contributed by atoms with Crippen LogP contribution in [-0.2, 0) is 11.2 Å². The van der Waals surface area contributed by atoms with Crippen molar-refractivity contribution in [1.82, 2.24) is 4.90 Å². The van der Waals surface area contributed by atoms with Gasteiger partial charge in [-0.3, -0.25) is 4.90 Å². The Kier molecular flexibility index (Phi) is 4.56. The number of nitrogens with two attached hydrogens (primary N) is 1. The van der Waals surface area contributed by atoms with Crippen LogP contribution >= 0.6 is 11.3 Å². The SMILES string of the molecule is CC(CN)OCCN1CCc2sccc2C1C. The van der Waals surface area contributed by atoms with E-state index in [1.807, 2.05) is 18.3 Å². The Hall–Kier alpha value is -0.420. The third-order valence-corrected chi connectivity index (χ3v) is 4.51. The van der Waals surface area contributed by atoms with Gasteiger partial charge in [-0.25, -0.2) is 0 Å². The fourth-order valence-corrected chi connectivity index (χ4v) is 3.27. The topological polar surface area (TPSA) is 38.5 Å². The number of nitrogens with zero attached hydrogens (tertiary/aromatic N) is 1. The maximum atomic E-state index is 5.65. The van der Waals surface area contributed by atoms with Gasteiger partial charge in [0.05, 0.1) is 12.7 Å².